The van der Waals surface area contributed by atoms with Crippen molar-refractivity contribution in [1.82, 2.24) is 0 Å². The zero-order valence-electron chi connectivity index (χ0n) is 16.4. The van der Waals surface area contributed by atoms with Crippen LogP contribution in [0.25, 0.3) is 0 Å². The molecule has 6 nitrogen and oxygen atoms in total. The molecule has 1 aliphatic carbocycles. The molecule has 1 saturated carbocycles. The molecule has 1 heterocycles. The Kier molecular flexibility index (Phi) is 8.36. The van der Waals surface area contributed by atoms with Crippen LogP contribution in [0.15, 0.2) is 48.8 Å². The summed E-state index contributed by atoms with van der Waals surface area (Å²) in [7, 11) is 3.91. The fourth-order valence-electron chi connectivity index (χ4n) is 3.83. The van der Waals surface area contributed by atoms with Crippen molar-refractivity contribution < 1.29 is 28.6 Å². The van der Waals surface area contributed by atoms with E-state index in [1.807, 2.05) is 30.4 Å². The molecule has 2 aliphatic rings. The maximum Gasteiger partial charge on any atom is 0.223 e. The minimum absolute atomic E-state index is 0.000138. The Morgan fingerprint density at radius 3 is 2.83 bits per heavy atom. The van der Waals surface area contributed by atoms with Crippen LogP contribution in [0.5, 0.6) is 5.75 Å². The number of aliphatic hydroxyl groups is 1. The quantitative estimate of drug-likeness (QED) is 0.357. The monoisotopic (exact) mass is 442 g/mol. The number of ether oxygens (including phenoxy) is 4. The zero-order valence-corrected chi connectivity index (χ0v) is 18.3. The summed E-state index contributed by atoms with van der Waals surface area (Å²) in [5.41, 5.74) is 0. The van der Waals surface area contributed by atoms with Gasteiger partial charge in [0, 0.05) is 26.8 Å². The number of allylic oxidation sites excluding steroid dienone is 1. The van der Waals surface area contributed by atoms with E-state index in [1.54, 1.807) is 25.5 Å². The highest BCUT2D eigenvalue weighted by molar-refractivity contribution is 7.09. The van der Waals surface area contributed by atoms with Gasteiger partial charge >= 0.3 is 0 Å². The van der Waals surface area contributed by atoms with Gasteiger partial charge in [0.1, 0.15) is 12.4 Å². The van der Waals surface area contributed by atoms with E-state index in [1.165, 1.54) is 0 Å². The predicted molar refractivity (Wildman–Crippen MR) is 114 cm³/mol. The molecule has 1 aliphatic heterocycles. The van der Waals surface area contributed by atoms with Crippen molar-refractivity contribution in [2.45, 2.75) is 30.8 Å². The number of methoxy groups -OCH3 is 1. The molecule has 160 valence electrons. The van der Waals surface area contributed by atoms with Crippen LogP contribution in [0.1, 0.15) is 12.8 Å². The van der Waals surface area contributed by atoms with E-state index in [4.69, 9.17) is 35.1 Å². The molecular formula is C21H28ClO6P. The van der Waals surface area contributed by atoms with Crippen LogP contribution in [0.4, 0.5) is 0 Å². The summed E-state index contributed by atoms with van der Waals surface area (Å²) in [6.45, 7) is 1.17. The third-order valence-corrected chi connectivity index (χ3v) is 5.88. The second-order valence-corrected chi connectivity index (χ2v) is 7.88. The largest absolute Gasteiger partial charge is 0.505 e. The molecule has 0 radical (unpaired) electrons. The lowest BCUT2D eigenvalue weighted by atomic mass is 9.90. The summed E-state index contributed by atoms with van der Waals surface area (Å²) in [6, 6.07) is 7.20. The number of rotatable bonds is 9. The average molecular weight is 443 g/mol. The Hall–Kier alpha value is -1.14. The zero-order chi connectivity index (χ0) is 20.7. The van der Waals surface area contributed by atoms with E-state index in [2.05, 4.69) is 9.47 Å². The van der Waals surface area contributed by atoms with Gasteiger partial charge in [-0.3, -0.25) is 0 Å². The third kappa shape index (κ3) is 5.94. The van der Waals surface area contributed by atoms with E-state index >= 15 is 0 Å². The molecular weight excluding hydrogens is 415 g/mol. The van der Waals surface area contributed by atoms with Crippen molar-refractivity contribution in [3.05, 3.63) is 53.8 Å². The van der Waals surface area contributed by atoms with Gasteiger partial charge in [-0.05, 0) is 42.7 Å². The van der Waals surface area contributed by atoms with Crippen LogP contribution >= 0.6 is 21.1 Å². The molecule has 1 aromatic carbocycles. The predicted octanol–water partition coefficient (Wildman–Crippen LogP) is 3.74. The lowest BCUT2D eigenvalue weighted by molar-refractivity contribution is -0.139. The van der Waals surface area contributed by atoms with Crippen molar-refractivity contribution in [3.63, 3.8) is 0 Å². The molecule has 8 heteroatoms. The van der Waals surface area contributed by atoms with E-state index < -0.39 is 11.9 Å². The first kappa shape index (κ1) is 22.5. The minimum Gasteiger partial charge on any atom is -0.505 e. The van der Waals surface area contributed by atoms with E-state index in [-0.39, 0.29) is 24.5 Å². The number of hydrogen-bond acceptors (Lipinski definition) is 6. The highest BCUT2D eigenvalue weighted by atomic mass is 35.5. The standard InChI is InChI=1S/C21H28ClO6P/c1-24-9-3-6-17-18(20(28-29)13-19(17)23)7-8-21(26-10-11-27-21)14-25-16-5-2-4-15(22)12-16/h2-5,7-9,12,17-20,23H,6,10-11,13-14,29H2,1H3/b8-7+,9-3?/t17-,18-,19?,20?/m1/s1. The molecule has 0 amide bonds. The highest BCUT2D eigenvalue weighted by Crippen LogP contribution is 2.39. The van der Waals surface area contributed by atoms with Crippen molar-refractivity contribution in [2.24, 2.45) is 11.8 Å². The van der Waals surface area contributed by atoms with Gasteiger partial charge in [-0.25, -0.2) is 0 Å². The number of benzene rings is 1. The van der Waals surface area contributed by atoms with Crippen LogP contribution in [-0.4, -0.2) is 50.0 Å². The molecule has 2 fully saturated rings. The van der Waals surface area contributed by atoms with E-state index in [0.717, 1.165) is 0 Å². The van der Waals surface area contributed by atoms with Crippen molar-refractivity contribution in [2.75, 3.05) is 26.9 Å². The molecule has 29 heavy (non-hydrogen) atoms. The second-order valence-electron chi connectivity index (χ2n) is 7.18. The lowest BCUT2D eigenvalue weighted by Gasteiger charge is -2.26. The van der Waals surface area contributed by atoms with Gasteiger partial charge in [-0.1, -0.05) is 23.7 Å². The number of hydrogen-bond donors (Lipinski definition) is 1. The van der Waals surface area contributed by atoms with Gasteiger partial charge in [0.05, 0.1) is 38.8 Å². The molecule has 0 bridgehead atoms. The van der Waals surface area contributed by atoms with Gasteiger partial charge in [0.2, 0.25) is 5.79 Å². The van der Waals surface area contributed by atoms with Crippen molar-refractivity contribution in [3.8, 4) is 5.75 Å². The van der Waals surface area contributed by atoms with Crippen LogP contribution in [-0.2, 0) is 18.7 Å². The first-order valence-electron chi connectivity index (χ1n) is 9.64. The Morgan fingerprint density at radius 1 is 1.34 bits per heavy atom. The fraction of sp³-hybridized carbons (Fsp3) is 0.524. The molecule has 3 unspecified atom stereocenters. The van der Waals surface area contributed by atoms with Gasteiger partial charge in [-0.2, -0.15) is 0 Å². The Balaban J connectivity index is 1.72. The first-order chi connectivity index (χ1) is 14.1. The van der Waals surface area contributed by atoms with Gasteiger partial charge in [-0.15, -0.1) is 0 Å². The minimum atomic E-state index is -0.978. The summed E-state index contributed by atoms with van der Waals surface area (Å²) in [5, 5.41) is 11.1. The van der Waals surface area contributed by atoms with Crippen LogP contribution < -0.4 is 4.74 Å². The normalized spacial score (nSPS) is 29.1. The van der Waals surface area contributed by atoms with Crippen molar-refractivity contribution in [1.29, 1.82) is 0 Å². The topological polar surface area (TPSA) is 66.4 Å². The van der Waals surface area contributed by atoms with Crippen molar-refractivity contribution >= 4 is 21.1 Å². The summed E-state index contributed by atoms with van der Waals surface area (Å²) in [5.74, 6) is -0.321. The maximum atomic E-state index is 10.5. The second kappa shape index (κ2) is 10.8. The molecule has 1 N–H and O–H groups in total. The summed E-state index contributed by atoms with van der Waals surface area (Å²) >= 11 is 6.03. The SMILES string of the molecule is COC=CC[C@H]1C(O)CC(OP)[C@@H]1/C=C/C1(COc2cccc(Cl)c2)OCCO1. The lowest BCUT2D eigenvalue weighted by Crippen LogP contribution is -2.35. The molecule has 5 atom stereocenters. The maximum absolute atomic E-state index is 10.5. The summed E-state index contributed by atoms with van der Waals surface area (Å²) in [4.78, 5) is 0. The highest BCUT2D eigenvalue weighted by Gasteiger charge is 2.42. The third-order valence-electron chi connectivity index (χ3n) is 5.29. The van der Waals surface area contributed by atoms with Gasteiger partial charge in [0.25, 0.3) is 0 Å². The van der Waals surface area contributed by atoms with Gasteiger partial charge < -0.3 is 28.6 Å². The average Bonchev–Trinajstić information content (AvgIpc) is 3.30. The van der Waals surface area contributed by atoms with E-state index in [0.29, 0.717) is 36.8 Å². The molecule has 0 spiro atoms. The summed E-state index contributed by atoms with van der Waals surface area (Å²) in [6.07, 6.45) is 8.13. The molecule has 1 saturated heterocycles. The van der Waals surface area contributed by atoms with Crippen LogP contribution in [0.2, 0.25) is 5.02 Å². The molecule has 1 aromatic rings. The van der Waals surface area contributed by atoms with Crippen LogP contribution in [0.3, 0.4) is 0 Å². The molecule has 3 rings (SSSR count). The Bertz CT molecular complexity index is 706. The van der Waals surface area contributed by atoms with E-state index in [9.17, 15) is 5.11 Å². The van der Waals surface area contributed by atoms with Crippen LogP contribution in [0, 0.1) is 11.8 Å². The number of aliphatic hydroxyl groups excluding tert-OH is 1. The molecule has 0 aromatic heterocycles. The first-order valence-corrected chi connectivity index (χ1v) is 10.5. The van der Waals surface area contributed by atoms with Gasteiger partial charge in [0.15, 0.2) is 0 Å². The number of halogens is 1. The Labute approximate surface area is 179 Å². The fourth-order valence-corrected chi connectivity index (χ4v) is 4.31. The smallest absolute Gasteiger partial charge is 0.223 e. The Morgan fingerprint density at radius 2 is 2.14 bits per heavy atom. The summed E-state index contributed by atoms with van der Waals surface area (Å²) < 4.78 is 28.1.